The third-order valence-electron chi connectivity index (χ3n) is 5.18. The molecule has 8 nitrogen and oxygen atoms in total. The highest BCUT2D eigenvalue weighted by atomic mass is 127. The molecule has 2 N–H and O–H groups in total. The minimum absolute atomic E-state index is 0. The van der Waals surface area contributed by atoms with Gasteiger partial charge in [0.05, 0.1) is 18.8 Å². The van der Waals surface area contributed by atoms with Gasteiger partial charge in [0.15, 0.2) is 5.96 Å². The molecule has 0 saturated carbocycles. The van der Waals surface area contributed by atoms with Crippen molar-refractivity contribution in [3.63, 3.8) is 0 Å². The first-order chi connectivity index (χ1) is 13.4. The molecule has 1 atom stereocenters. The van der Waals surface area contributed by atoms with Gasteiger partial charge in [0, 0.05) is 52.9 Å². The predicted molar refractivity (Wildman–Crippen MR) is 127 cm³/mol. The molecule has 2 saturated heterocycles. The van der Waals surface area contributed by atoms with Crippen LogP contribution >= 0.6 is 24.0 Å². The SMILES string of the molecule is CC(C)OCCN1CCC(NC(=NCC(=O)N(C)C)NCC2CCCO2)CC1.I. The molecule has 2 aliphatic rings. The van der Waals surface area contributed by atoms with E-state index in [1.54, 1.807) is 19.0 Å². The van der Waals surface area contributed by atoms with Gasteiger partial charge in [-0.1, -0.05) is 0 Å². The molecule has 1 amide bonds. The van der Waals surface area contributed by atoms with Crippen LogP contribution in [0, 0.1) is 0 Å². The molecular weight excluding hydrogens is 485 g/mol. The summed E-state index contributed by atoms with van der Waals surface area (Å²) in [6.07, 6.45) is 4.84. The number of hydrogen-bond acceptors (Lipinski definition) is 5. The van der Waals surface area contributed by atoms with Crippen molar-refractivity contribution in [2.24, 2.45) is 4.99 Å². The maximum Gasteiger partial charge on any atom is 0.243 e. The number of carbonyl (C=O) groups is 1. The van der Waals surface area contributed by atoms with Gasteiger partial charge in [-0.2, -0.15) is 0 Å². The largest absolute Gasteiger partial charge is 0.377 e. The number of nitrogens with zero attached hydrogens (tertiary/aromatic N) is 3. The number of ether oxygens (including phenoxy) is 2. The smallest absolute Gasteiger partial charge is 0.243 e. The molecule has 29 heavy (non-hydrogen) atoms. The van der Waals surface area contributed by atoms with Gasteiger partial charge in [0.25, 0.3) is 0 Å². The fraction of sp³-hybridized carbons (Fsp3) is 0.900. The van der Waals surface area contributed by atoms with Gasteiger partial charge in [-0.05, 0) is 39.5 Å². The summed E-state index contributed by atoms with van der Waals surface area (Å²) >= 11 is 0. The quantitative estimate of drug-likeness (QED) is 0.269. The Morgan fingerprint density at radius 1 is 1.28 bits per heavy atom. The Bertz CT molecular complexity index is 491. The lowest BCUT2D eigenvalue weighted by Crippen LogP contribution is -2.50. The Kier molecular flexibility index (Phi) is 13.1. The van der Waals surface area contributed by atoms with E-state index < -0.39 is 0 Å². The number of amides is 1. The first-order valence-corrected chi connectivity index (χ1v) is 10.6. The number of aliphatic imine (C=N–C) groups is 1. The highest BCUT2D eigenvalue weighted by Gasteiger charge is 2.21. The molecule has 0 aliphatic carbocycles. The minimum atomic E-state index is -0.00168. The van der Waals surface area contributed by atoms with Crippen LogP contribution in [-0.4, -0.2) is 99.9 Å². The normalized spacial score (nSPS) is 21.1. The second-order valence-electron chi connectivity index (χ2n) is 8.15. The first-order valence-electron chi connectivity index (χ1n) is 10.6. The number of hydrogen-bond donors (Lipinski definition) is 2. The Morgan fingerprint density at radius 2 is 2.00 bits per heavy atom. The van der Waals surface area contributed by atoms with E-state index in [9.17, 15) is 4.79 Å². The van der Waals surface area contributed by atoms with Crippen LogP contribution in [-0.2, 0) is 14.3 Å². The summed E-state index contributed by atoms with van der Waals surface area (Å²) in [5, 5.41) is 6.89. The lowest BCUT2D eigenvalue weighted by atomic mass is 10.1. The lowest BCUT2D eigenvalue weighted by molar-refractivity contribution is -0.127. The summed E-state index contributed by atoms with van der Waals surface area (Å²) in [6, 6.07) is 0.368. The number of guanidine groups is 1. The molecule has 0 radical (unpaired) electrons. The van der Waals surface area contributed by atoms with Gasteiger partial charge in [0.1, 0.15) is 6.54 Å². The zero-order chi connectivity index (χ0) is 20.4. The molecule has 0 aromatic rings. The van der Waals surface area contributed by atoms with E-state index in [-0.39, 0.29) is 48.6 Å². The van der Waals surface area contributed by atoms with Gasteiger partial charge in [0.2, 0.25) is 5.91 Å². The van der Waals surface area contributed by atoms with Crippen molar-refractivity contribution >= 4 is 35.8 Å². The summed E-state index contributed by atoms with van der Waals surface area (Å²) in [5.74, 6) is 0.713. The maximum atomic E-state index is 11.9. The first kappa shape index (κ1) is 26.4. The Labute approximate surface area is 193 Å². The summed E-state index contributed by atoms with van der Waals surface area (Å²) < 4.78 is 11.3. The number of halogens is 1. The van der Waals surface area contributed by atoms with E-state index in [0.29, 0.717) is 12.0 Å². The molecule has 2 rings (SSSR count). The molecule has 9 heteroatoms. The number of likely N-dealkylation sites (N-methyl/N-ethyl adjacent to an activating group) is 1. The maximum absolute atomic E-state index is 11.9. The molecular formula is C20H40IN5O3. The van der Waals surface area contributed by atoms with Crippen molar-refractivity contribution in [2.75, 3.05) is 60.0 Å². The van der Waals surface area contributed by atoms with Gasteiger partial charge in [-0.3, -0.25) is 4.79 Å². The van der Waals surface area contributed by atoms with Crippen molar-refractivity contribution < 1.29 is 14.3 Å². The number of rotatable bonds is 9. The second kappa shape index (κ2) is 14.4. The molecule has 0 spiro atoms. The Hall–Kier alpha value is -0.650. The second-order valence-corrected chi connectivity index (χ2v) is 8.15. The van der Waals surface area contributed by atoms with Gasteiger partial charge in [-0.15, -0.1) is 24.0 Å². The minimum Gasteiger partial charge on any atom is -0.377 e. The summed E-state index contributed by atoms with van der Waals surface area (Å²) in [5.41, 5.74) is 0. The molecule has 1 unspecified atom stereocenters. The van der Waals surface area contributed by atoms with E-state index in [4.69, 9.17) is 9.47 Å². The predicted octanol–water partition coefficient (Wildman–Crippen LogP) is 1.30. The standard InChI is InChI=1S/C20H39N5O3.HI/c1-16(2)27-13-11-25-9-7-17(8-10-25)23-20(22-15-19(26)24(3)4)21-14-18-6-5-12-28-18;/h16-18H,5-15H2,1-4H3,(H2,21,22,23);1H. The van der Waals surface area contributed by atoms with Gasteiger partial charge < -0.3 is 29.9 Å². The zero-order valence-electron chi connectivity index (χ0n) is 18.5. The van der Waals surface area contributed by atoms with Crippen LogP contribution < -0.4 is 10.6 Å². The van der Waals surface area contributed by atoms with Crippen LogP contribution in [0.5, 0.6) is 0 Å². The van der Waals surface area contributed by atoms with Crippen molar-refractivity contribution in [3.8, 4) is 0 Å². The number of carbonyl (C=O) groups excluding carboxylic acids is 1. The third-order valence-corrected chi connectivity index (χ3v) is 5.18. The average molecular weight is 525 g/mol. The highest BCUT2D eigenvalue weighted by molar-refractivity contribution is 14.0. The van der Waals surface area contributed by atoms with E-state index in [2.05, 4.69) is 34.4 Å². The monoisotopic (exact) mass is 525 g/mol. The number of likely N-dealkylation sites (tertiary alicyclic amines) is 1. The summed E-state index contributed by atoms with van der Waals surface area (Å²) in [4.78, 5) is 20.4. The van der Waals surface area contributed by atoms with Crippen molar-refractivity contribution in [2.45, 2.75) is 57.8 Å². The van der Waals surface area contributed by atoms with E-state index in [1.165, 1.54) is 0 Å². The average Bonchev–Trinajstić information content (AvgIpc) is 3.18. The van der Waals surface area contributed by atoms with Gasteiger partial charge in [-0.25, -0.2) is 4.99 Å². The molecule has 0 bridgehead atoms. The molecule has 0 aromatic carbocycles. The topological polar surface area (TPSA) is 78.4 Å². The highest BCUT2D eigenvalue weighted by Crippen LogP contribution is 2.12. The zero-order valence-corrected chi connectivity index (χ0v) is 20.8. The van der Waals surface area contributed by atoms with Crippen LogP contribution in [0.1, 0.15) is 39.5 Å². The van der Waals surface area contributed by atoms with Crippen LogP contribution in [0.25, 0.3) is 0 Å². The fourth-order valence-electron chi connectivity index (χ4n) is 3.37. The lowest BCUT2D eigenvalue weighted by Gasteiger charge is -2.33. The van der Waals surface area contributed by atoms with Crippen molar-refractivity contribution in [1.29, 1.82) is 0 Å². The van der Waals surface area contributed by atoms with Crippen LogP contribution in [0.2, 0.25) is 0 Å². The van der Waals surface area contributed by atoms with Gasteiger partial charge >= 0.3 is 0 Å². The molecule has 170 valence electrons. The molecule has 2 aliphatic heterocycles. The molecule has 0 aromatic heterocycles. The molecule has 2 heterocycles. The van der Waals surface area contributed by atoms with Crippen LogP contribution in [0.3, 0.4) is 0 Å². The van der Waals surface area contributed by atoms with Crippen LogP contribution in [0.15, 0.2) is 4.99 Å². The third kappa shape index (κ3) is 10.8. The van der Waals surface area contributed by atoms with Crippen molar-refractivity contribution in [1.82, 2.24) is 20.4 Å². The van der Waals surface area contributed by atoms with Crippen LogP contribution in [0.4, 0.5) is 0 Å². The Morgan fingerprint density at radius 3 is 2.59 bits per heavy atom. The van der Waals surface area contributed by atoms with E-state index >= 15 is 0 Å². The van der Waals surface area contributed by atoms with Crippen molar-refractivity contribution in [3.05, 3.63) is 0 Å². The summed E-state index contributed by atoms with van der Waals surface area (Å²) in [7, 11) is 3.51. The fourth-order valence-corrected chi connectivity index (χ4v) is 3.37. The number of piperidine rings is 1. The van der Waals surface area contributed by atoms with E-state index in [1.807, 2.05) is 0 Å². The Balaban J connectivity index is 0.00000420. The summed E-state index contributed by atoms with van der Waals surface area (Å²) in [6.45, 7) is 9.74. The van der Waals surface area contributed by atoms with E-state index in [0.717, 1.165) is 65.1 Å². The molecule has 2 fully saturated rings. The number of nitrogens with one attached hydrogen (secondary N) is 2.